The normalized spacial score (nSPS) is 18.4. The molecule has 166 valence electrons. The minimum absolute atomic E-state index is 0.0649. The Morgan fingerprint density at radius 2 is 2.03 bits per heavy atom. The minimum Gasteiger partial charge on any atom is -0.339 e. The number of hydrogen-bond donors (Lipinski definition) is 1. The summed E-state index contributed by atoms with van der Waals surface area (Å²) in [5, 5.41) is 1.69. The van der Waals surface area contributed by atoms with E-state index in [0.717, 1.165) is 50.7 Å². The summed E-state index contributed by atoms with van der Waals surface area (Å²) in [6.45, 7) is 6.75. The Bertz CT molecular complexity index is 1420. The Hall–Kier alpha value is -2.96. The van der Waals surface area contributed by atoms with Gasteiger partial charge in [0.05, 0.1) is 32.0 Å². The predicted octanol–water partition coefficient (Wildman–Crippen LogP) is 6.67. The average molecular weight is 475 g/mol. The number of thiazole rings is 1. The molecule has 2 aromatic heterocycles. The number of carbonyl (C=O) groups excluding carboxylic acids is 1. The number of nitrogens with one attached hydrogen (secondary N) is 1. The summed E-state index contributed by atoms with van der Waals surface area (Å²) < 4.78 is 0. The van der Waals surface area contributed by atoms with Crippen LogP contribution >= 0.6 is 22.9 Å². The van der Waals surface area contributed by atoms with E-state index in [1.165, 1.54) is 5.56 Å². The van der Waals surface area contributed by atoms with Crippen LogP contribution in [0.4, 0.5) is 0 Å². The number of aromatic nitrogens is 3. The lowest BCUT2D eigenvalue weighted by atomic mass is 10.1. The van der Waals surface area contributed by atoms with E-state index in [0.29, 0.717) is 29.6 Å². The number of fused-ring (bicyclic) bond motifs is 1. The number of halogens is 1. The summed E-state index contributed by atoms with van der Waals surface area (Å²) in [4.78, 5) is 29.8. The molecule has 1 atom stereocenters. The monoisotopic (exact) mass is 474 g/mol. The lowest BCUT2D eigenvalue weighted by Gasteiger charge is -2.22. The van der Waals surface area contributed by atoms with Crippen molar-refractivity contribution < 1.29 is 4.79 Å². The Labute approximate surface area is 201 Å². The summed E-state index contributed by atoms with van der Waals surface area (Å²) >= 11 is 8.02. The van der Waals surface area contributed by atoms with Crippen molar-refractivity contribution in [3.8, 4) is 10.4 Å². The van der Waals surface area contributed by atoms with Crippen LogP contribution in [0.5, 0.6) is 0 Å². The van der Waals surface area contributed by atoms with Crippen molar-refractivity contribution in [3.05, 3.63) is 81.7 Å². The number of nitrogens with zero attached hydrogens (tertiary/aromatic N) is 3. The first-order chi connectivity index (χ1) is 16.0. The van der Waals surface area contributed by atoms with Gasteiger partial charge in [-0.15, -0.1) is 11.3 Å². The molecule has 4 aromatic rings. The number of para-hydroxylation sites is 1. The number of aryl methyl sites for hydroxylation is 1. The molecule has 2 fully saturated rings. The molecule has 1 amide bonds. The highest BCUT2D eigenvalue weighted by atomic mass is 35.5. The molecule has 0 radical (unpaired) electrons. The van der Waals surface area contributed by atoms with Gasteiger partial charge < -0.3 is 9.88 Å². The molecule has 7 heteroatoms. The zero-order valence-electron chi connectivity index (χ0n) is 18.3. The highest BCUT2D eigenvalue weighted by Crippen LogP contribution is 2.46. The lowest BCUT2D eigenvalue weighted by molar-refractivity contribution is 0.0728. The maximum Gasteiger partial charge on any atom is 0.274 e. The second-order valence-corrected chi connectivity index (χ2v) is 10.5. The maximum absolute atomic E-state index is 14.0. The van der Waals surface area contributed by atoms with Crippen molar-refractivity contribution in [1.82, 2.24) is 19.9 Å². The molecule has 1 aliphatic carbocycles. The van der Waals surface area contributed by atoms with Crippen molar-refractivity contribution in [2.24, 2.45) is 0 Å². The number of H-pyrrole nitrogens is 1. The van der Waals surface area contributed by atoms with Gasteiger partial charge in [0, 0.05) is 12.5 Å². The van der Waals surface area contributed by atoms with E-state index < -0.39 is 0 Å². The van der Waals surface area contributed by atoms with Crippen LogP contribution < -0.4 is 0 Å². The molecule has 1 N–H and O–H groups in total. The van der Waals surface area contributed by atoms with Crippen LogP contribution in [-0.2, 0) is 0 Å². The van der Waals surface area contributed by atoms with Gasteiger partial charge in [0.2, 0.25) is 0 Å². The fourth-order valence-corrected chi connectivity index (χ4v) is 5.97. The topological polar surface area (TPSA) is 61.9 Å². The van der Waals surface area contributed by atoms with Gasteiger partial charge in [0.25, 0.3) is 5.91 Å². The number of hydrogen-bond acceptors (Lipinski definition) is 4. The van der Waals surface area contributed by atoms with Gasteiger partial charge in [0.1, 0.15) is 11.5 Å². The number of rotatable bonds is 4. The van der Waals surface area contributed by atoms with Crippen LogP contribution in [-0.4, -0.2) is 32.3 Å². The number of aromatic amines is 1. The zero-order valence-corrected chi connectivity index (χ0v) is 19.8. The molecule has 3 heterocycles. The van der Waals surface area contributed by atoms with E-state index in [4.69, 9.17) is 21.6 Å². The Morgan fingerprint density at radius 1 is 1.21 bits per heavy atom. The number of imidazole rings is 1. The summed E-state index contributed by atoms with van der Waals surface area (Å²) in [5.41, 5.74) is 5.36. The van der Waals surface area contributed by atoms with E-state index in [-0.39, 0.29) is 11.9 Å². The van der Waals surface area contributed by atoms with Crippen molar-refractivity contribution in [1.29, 1.82) is 0 Å². The molecule has 5 nitrogen and oxygen atoms in total. The van der Waals surface area contributed by atoms with Crippen molar-refractivity contribution in [2.45, 2.75) is 38.1 Å². The van der Waals surface area contributed by atoms with E-state index in [1.807, 2.05) is 29.2 Å². The quantitative estimate of drug-likeness (QED) is 0.336. The van der Waals surface area contributed by atoms with E-state index in [9.17, 15) is 4.79 Å². The Balaban J connectivity index is 1.41. The number of likely N-dealkylation sites (tertiary alicyclic amines) is 1. The highest BCUT2D eigenvalue weighted by molar-refractivity contribution is 7.15. The summed E-state index contributed by atoms with van der Waals surface area (Å²) in [5.74, 6) is 1.16. The second-order valence-electron chi connectivity index (χ2n) is 9.03. The number of benzene rings is 2. The maximum atomic E-state index is 14.0. The summed E-state index contributed by atoms with van der Waals surface area (Å²) in [6, 6.07) is 13.7. The molecule has 1 saturated heterocycles. The molecular formula is C26H23ClN4OS. The molecule has 1 unspecified atom stereocenters. The molecule has 6 rings (SSSR count). The predicted molar refractivity (Wildman–Crippen MR) is 133 cm³/mol. The van der Waals surface area contributed by atoms with Crippen molar-refractivity contribution in [2.75, 3.05) is 6.54 Å². The second kappa shape index (κ2) is 7.82. The van der Waals surface area contributed by atoms with Crippen LogP contribution in [0.3, 0.4) is 0 Å². The van der Waals surface area contributed by atoms with Crippen LogP contribution in [0.2, 0.25) is 5.02 Å². The number of amides is 1. The smallest absolute Gasteiger partial charge is 0.274 e. The van der Waals surface area contributed by atoms with Crippen LogP contribution in [0.15, 0.2) is 54.6 Å². The van der Waals surface area contributed by atoms with Gasteiger partial charge in [0.15, 0.2) is 0 Å². The van der Waals surface area contributed by atoms with Gasteiger partial charge in [-0.1, -0.05) is 59.6 Å². The Morgan fingerprint density at radius 3 is 2.79 bits per heavy atom. The van der Waals surface area contributed by atoms with Gasteiger partial charge in [-0.3, -0.25) is 4.79 Å². The molecule has 1 aliphatic heterocycles. The SMILES string of the molecule is C=C1CC(c2nc3cccc(Cl)c3[nH]2)N(C(=O)c2nc(C3CC3)sc2-c2cccc(C)c2)C1. The largest absolute Gasteiger partial charge is 0.339 e. The van der Waals surface area contributed by atoms with E-state index in [1.54, 1.807) is 11.3 Å². The number of carbonyl (C=O) groups is 1. The standard InChI is InChI=1S/C26H23ClN4OS/c1-14-5-3-6-17(11-14)23-22(30-25(33-23)16-9-10-16)26(32)31-13-15(2)12-20(31)24-28-19-8-4-7-18(27)21(19)29-24/h3-8,11,16,20H,2,9-10,12-13H2,1H3,(H,28,29). The third kappa shape index (κ3) is 3.67. The van der Waals surface area contributed by atoms with Crippen LogP contribution in [0.25, 0.3) is 21.5 Å². The molecule has 33 heavy (non-hydrogen) atoms. The highest BCUT2D eigenvalue weighted by Gasteiger charge is 2.38. The first kappa shape index (κ1) is 20.6. The average Bonchev–Trinajstić information content (AvgIpc) is 3.22. The third-order valence-corrected chi connectivity index (χ3v) is 7.95. The van der Waals surface area contributed by atoms with Gasteiger partial charge in [-0.2, -0.15) is 0 Å². The molecular weight excluding hydrogens is 452 g/mol. The van der Waals surface area contributed by atoms with Gasteiger partial charge in [-0.05, 0) is 43.9 Å². The first-order valence-corrected chi connectivity index (χ1v) is 12.4. The van der Waals surface area contributed by atoms with E-state index in [2.05, 4.69) is 36.7 Å². The van der Waals surface area contributed by atoms with Crippen LogP contribution in [0.1, 0.15) is 58.1 Å². The minimum atomic E-state index is -0.218. The zero-order chi connectivity index (χ0) is 22.7. The molecule has 2 aliphatic rings. The lowest BCUT2D eigenvalue weighted by Crippen LogP contribution is -2.31. The van der Waals surface area contributed by atoms with Gasteiger partial charge in [-0.25, -0.2) is 9.97 Å². The summed E-state index contributed by atoms with van der Waals surface area (Å²) in [6.07, 6.45) is 2.97. The first-order valence-electron chi connectivity index (χ1n) is 11.2. The Kier molecular flexibility index (Phi) is 4.89. The molecule has 2 aromatic carbocycles. The van der Waals surface area contributed by atoms with Crippen LogP contribution in [0, 0.1) is 6.92 Å². The fourth-order valence-electron chi connectivity index (χ4n) is 4.53. The molecule has 0 spiro atoms. The fraction of sp³-hybridized carbons (Fsp3) is 0.269. The summed E-state index contributed by atoms with van der Waals surface area (Å²) in [7, 11) is 0. The van der Waals surface area contributed by atoms with Gasteiger partial charge >= 0.3 is 0 Å². The molecule has 1 saturated carbocycles. The van der Waals surface area contributed by atoms with E-state index >= 15 is 0 Å². The van der Waals surface area contributed by atoms with Crippen molar-refractivity contribution in [3.63, 3.8) is 0 Å². The third-order valence-electron chi connectivity index (χ3n) is 6.37. The molecule has 0 bridgehead atoms. The van der Waals surface area contributed by atoms with Crippen molar-refractivity contribution >= 4 is 39.9 Å².